The van der Waals surface area contributed by atoms with E-state index < -0.39 is 18.0 Å². The van der Waals surface area contributed by atoms with Crippen molar-refractivity contribution >= 4 is 23.5 Å². The number of carboxylic acid groups (broad SMARTS) is 1. The third kappa shape index (κ3) is 4.13. The number of aromatic carboxylic acids is 1. The number of benzene rings is 1. The maximum atomic E-state index is 11.8. The molecular weight excluding hydrogens is 284 g/mol. The molecule has 20 heavy (non-hydrogen) atoms. The molecule has 6 heteroatoms. The van der Waals surface area contributed by atoms with Gasteiger partial charge in [-0.15, -0.1) is 0 Å². The zero-order chi connectivity index (χ0) is 15.1. The highest BCUT2D eigenvalue weighted by Gasteiger charge is 2.24. The Morgan fingerprint density at radius 2 is 2.05 bits per heavy atom. The van der Waals surface area contributed by atoms with E-state index >= 15 is 0 Å². The van der Waals surface area contributed by atoms with E-state index in [0.717, 1.165) is 0 Å². The number of ether oxygens (including phenoxy) is 2. The molecule has 0 radical (unpaired) electrons. The Hall–Kier alpha value is -1.75. The molecule has 0 amide bonds. The van der Waals surface area contributed by atoms with Crippen molar-refractivity contribution in [3.05, 3.63) is 28.8 Å². The van der Waals surface area contributed by atoms with Crippen LogP contribution in [0.15, 0.2) is 18.2 Å². The van der Waals surface area contributed by atoms with Crippen molar-refractivity contribution in [1.82, 2.24) is 0 Å². The third-order valence-electron chi connectivity index (χ3n) is 2.56. The molecule has 0 aromatic heterocycles. The van der Waals surface area contributed by atoms with Gasteiger partial charge in [-0.3, -0.25) is 0 Å². The molecule has 110 valence electrons. The summed E-state index contributed by atoms with van der Waals surface area (Å²) in [4.78, 5) is 22.9. The van der Waals surface area contributed by atoms with E-state index in [1.807, 2.05) is 6.92 Å². The highest BCUT2D eigenvalue weighted by Crippen LogP contribution is 2.30. The van der Waals surface area contributed by atoms with Crippen molar-refractivity contribution in [2.75, 3.05) is 6.61 Å². The fourth-order valence-corrected chi connectivity index (χ4v) is 1.88. The lowest BCUT2D eigenvalue weighted by atomic mass is 10.1. The monoisotopic (exact) mass is 300 g/mol. The van der Waals surface area contributed by atoms with Gasteiger partial charge < -0.3 is 14.6 Å². The van der Waals surface area contributed by atoms with Crippen molar-refractivity contribution in [2.45, 2.75) is 32.8 Å². The molecule has 1 aromatic carbocycles. The van der Waals surface area contributed by atoms with Crippen LogP contribution in [0, 0.1) is 0 Å². The standard InChI is InChI=1S/C14H17ClO5/c1-3-6-11(14(18)19-4-2)20-12-9(13(16)17)7-5-8-10(12)15/h5,7-8,11H,3-4,6H2,1-2H3,(H,16,17). The van der Waals surface area contributed by atoms with Crippen LogP contribution in [0.2, 0.25) is 5.02 Å². The van der Waals surface area contributed by atoms with Gasteiger partial charge in [0.2, 0.25) is 0 Å². The predicted octanol–water partition coefficient (Wildman–Crippen LogP) is 3.15. The van der Waals surface area contributed by atoms with Crippen LogP contribution in [-0.4, -0.2) is 29.8 Å². The molecule has 1 aromatic rings. The average Bonchev–Trinajstić information content (AvgIpc) is 2.40. The minimum atomic E-state index is -1.17. The summed E-state index contributed by atoms with van der Waals surface area (Å²) >= 11 is 5.96. The maximum absolute atomic E-state index is 11.8. The Morgan fingerprint density at radius 1 is 1.35 bits per heavy atom. The van der Waals surface area contributed by atoms with Gasteiger partial charge in [-0.05, 0) is 25.5 Å². The molecule has 1 N–H and O–H groups in total. The Balaban J connectivity index is 3.04. The molecule has 0 saturated carbocycles. The molecule has 1 atom stereocenters. The second-order valence-corrected chi connectivity index (χ2v) is 4.48. The van der Waals surface area contributed by atoms with Gasteiger partial charge in [0.25, 0.3) is 0 Å². The Labute approximate surface area is 122 Å². The first-order valence-corrected chi connectivity index (χ1v) is 6.74. The summed E-state index contributed by atoms with van der Waals surface area (Å²) in [5, 5.41) is 9.27. The fraction of sp³-hybridized carbons (Fsp3) is 0.429. The van der Waals surface area contributed by atoms with E-state index in [0.29, 0.717) is 12.8 Å². The minimum absolute atomic E-state index is 0.00632. The van der Waals surface area contributed by atoms with Crippen LogP contribution in [0.4, 0.5) is 0 Å². The number of para-hydroxylation sites is 1. The predicted molar refractivity (Wildman–Crippen MR) is 74.4 cm³/mol. The minimum Gasteiger partial charge on any atom is -0.478 e. The summed E-state index contributed by atoms with van der Waals surface area (Å²) in [6.07, 6.45) is 0.248. The third-order valence-corrected chi connectivity index (χ3v) is 2.86. The summed E-state index contributed by atoms with van der Waals surface area (Å²) in [6.45, 7) is 3.82. The van der Waals surface area contributed by atoms with Gasteiger partial charge in [-0.25, -0.2) is 9.59 Å². The van der Waals surface area contributed by atoms with Crippen LogP contribution in [0.25, 0.3) is 0 Å². The maximum Gasteiger partial charge on any atom is 0.347 e. The van der Waals surface area contributed by atoms with Gasteiger partial charge >= 0.3 is 11.9 Å². The first-order valence-electron chi connectivity index (χ1n) is 6.36. The number of rotatable bonds is 7. The second kappa shape index (κ2) is 7.75. The topological polar surface area (TPSA) is 72.8 Å². The number of carboxylic acids is 1. The molecule has 0 aliphatic rings. The van der Waals surface area contributed by atoms with Crippen LogP contribution in [0.3, 0.4) is 0 Å². The van der Waals surface area contributed by atoms with E-state index in [1.54, 1.807) is 6.92 Å². The Kier molecular flexibility index (Phi) is 6.31. The molecule has 0 saturated heterocycles. The molecule has 1 rings (SSSR count). The normalized spacial score (nSPS) is 11.8. The number of carbonyl (C=O) groups is 2. The van der Waals surface area contributed by atoms with Crippen molar-refractivity contribution < 1.29 is 24.2 Å². The van der Waals surface area contributed by atoms with Crippen LogP contribution in [0.5, 0.6) is 5.75 Å². The van der Waals surface area contributed by atoms with Crippen LogP contribution in [-0.2, 0) is 9.53 Å². The Bertz CT molecular complexity index is 486. The molecule has 0 heterocycles. The summed E-state index contributed by atoms with van der Waals surface area (Å²) in [6, 6.07) is 4.40. The van der Waals surface area contributed by atoms with E-state index in [1.165, 1.54) is 18.2 Å². The first kappa shape index (κ1) is 16.3. The summed E-state index contributed by atoms with van der Waals surface area (Å²) in [5.41, 5.74) is -0.0806. The summed E-state index contributed by atoms with van der Waals surface area (Å²) in [7, 11) is 0. The Morgan fingerprint density at radius 3 is 2.60 bits per heavy atom. The number of hydrogen-bond donors (Lipinski definition) is 1. The van der Waals surface area contributed by atoms with Crippen molar-refractivity contribution in [3.63, 3.8) is 0 Å². The van der Waals surface area contributed by atoms with E-state index in [-0.39, 0.29) is 22.9 Å². The van der Waals surface area contributed by atoms with Gasteiger partial charge in [-0.1, -0.05) is 31.0 Å². The van der Waals surface area contributed by atoms with Crippen molar-refractivity contribution in [3.8, 4) is 5.75 Å². The van der Waals surface area contributed by atoms with Gasteiger partial charge in [0.1, 0.15) is 5.56 Å². The lowest BCUT2D eigenvalue weighted by molar-refractivity contribution is -0.151. The molecule has 0 spiro atoms. The highest BCUT2D eigenvalue weighted by atomic mass is 35.5. The van der Waals surface area contributed by atoms with E-state index in [2.05, 4.69) is 0 Å². The zero-order valence-corrected chi connectivity index (χ0v) is 12.1. The quantitative estimate of drug-likeness (QED) is 0.783. The number of carbonyl (C=O) groups excluding carboxylic acids is 1. The van der Waals surface area contributed by atoms with Crippen molar-refractivity contribution in [1.29, 1.82) is 0 Å². The number of halogens is 1. The molecule has 0 aliphatic carbocycles. The fourth-order valence-electron chi connectivity index (χ4n) is 1.66. The molecule has 5 nitrogen and oxygen atoms in total. The molecule has 0 bridgehead atoms. The summed E-state index contributed by atoms with van der Waals surface area (Å²) in [5.74, 6) is -1.69. The number of hydrogen-bond acceptors (Lipinski definition) is 4. The van der Waals surface area contributed by atoms with Crippen molar-refractivity contribution in [2.24, 2.45) is 0 Å². The van der Waals surface area contributed by atoms with E-state index in [9.17, 15) is 9.59 Å². The molecular formula is C14H17ClO5. The zero-order valence-electron chi connectivity index (χ0n) is 11.4. The van der Waals surface area contributed by atoms with Crippen LogP contribution >= 0.6 is 11.6 Å². The van der Waals surface area contributed by atoms with Gasteiger partial charge in [0.15, 0.2) is 11.9 Å². The largest absolute Gasteiger partial charge is 0.478 e. The summed E-state index contributed by atoms with van der Waals surface area (Å²) < 4.78 is 10.4. The SMILES string of the molecule is CCCC(Oc1c(Cl)cccc1C(=O)O)C(=O)OCC. The first-order chi connectivity index (χ1) is 9.51. The smallest absolute Gasteiger partial charge is 0.347 e. The van der Waals surface area contributed by atoms with Crippen LogP contribution in [0.1, 0.15) is 37.0 Å². The second-order valence-electron chi connectivity index (χ2n) is 4.07. The molecule has 0 aliphatic heterocycles. The molecule has 0 fully saturated rings. The van der Waals surface area contributed by atoms with Gasteiger partial charge in [-0.2, -0.15) is 0 Å². The lowest BCUT2D eigenvalue weighted by Crippen LogP contribution is -2.30. The van der Waals surface area contributed by atoms with Crippen LogP contribution < -0.4 is 4.74 Å². The molecule has 1 unspecified atom stereocenters. The average molecular weight is 301 g/mol. The van der Waals surface area contributed by atoms with E-state index in [4.69, 9.17) is 26.2 Å². The lowest BCUT2D eigenvalue weighted by Gasteiger charge is -2.19. The van der Waals surface area contributed by atoms with Gasteiger partial charge in [0.05, 0.1) is 11.6 Å². The highest BCUT2D eigenvalue weighted by molar-refractivity contribution is 6.32. The van der Waals surface area contributed by atoms with Gasteiger partial charge in [0, 0.05) is 0 Å². The number of esters is 1.